The average molecular weight is 387 g/mol. The van der Waals surface area contributed by atoms with Crippen LogP contribution in [0.3, 0.4) is 0 Å². The normalized spacial score (nSPS) is 10.1. The standard InChI is InChI=1S/C19H19NO5.CH2O2/c1-14(5-10-19(21)24-12-4-11-20)13-18(23-3)15(2)16-6-8-17(25-22)9-7-16;2-1-3/h5-10,13,22H,1-2,4,12H2,3H3;1H,(H,2,3)/b10-5+,18-13+;. The molecule has 28 heavy (non-hydrogen) atoms. The van der Waals surface area contributed by atoms with Gasteiger partial charge >= 0.3 is 5.97 Å². The number of carbonyl (C=O) groups excluding carboxylic acids is 1. The molecule has 2 N–H and O–H groups in total. The molecule has 0 aliphatic rings. The average Bonchev–Trinajstić information content (AvgIpc) is 2.71. The molecule has 0 atom stereocenters. The van der Waals surface area contributed by atoms with E-state index in [0.717, 1.165) is 5.56 Å². The van der Waals surface area contributed by atoms with Crippen molar-refractivity contribution in [1.29, 1.82) is 5.26 Å². The third-order valence-electron chi connectivity index (χ3n) is 3.03. The molecule has 0 saturated carbocycles. The summed E-state index contributed by atoms with van der Waals surface area (Å²) in [4.78, 5) is 23.9. The maximum atomic E-state index is 11.4. The molecule has 8 heteroatoms. The van der Waals surface area contributed by atoms with Crippen LogP contribution in [0.4, 0.5) is 0 Å². The highest BCUT2D eigenvalue weighted by Gasteiger charge is 2.07. The lowest BCUT2D eigenvalue weighted by atomic mass is 10.0. The summed E-state index contributed by atoms with van der Waals surface area (Å²) in [6.07, 6.45) is 4.47. The first kappa shape index (κ1) is 24.2. The topological polar surface area (TPSA) is 126 Å². The van der Waals surface area contributed by atoms with Crippen LogP contribution < -0.4 is 4.89 Å². The highest BCUT2D eigenvalue weighted by molar-refractivity contribution is 5.83. The fourth-order valence-electron chi connectivity index (χ4n) is 1.77. The van der Waals surface area contributed by atoms with E-state index in [-0.39, 0.29) is 19.5 Å². The molecule has 148 valence electrons. The molecule has 0 unspecified atom stereocenters. The third kappa shape index (κ3) is 9.60. The predicted molar refractivity (Wildman–Crippen MR) is 102 cm³/mol. The largest absolute Gasteiger partial charge is 0.496 e. The molecular weight excluding hydrogens is 366 g/mol. The Labute approximate surface area is 162 Å². The van der Waals surface area contributed by atoms with Crippen LogP contribution in [-0.2, 0) is 19.1 Å². The highest BCUT2D eigenvalue weighted by atomic mass is 17.1. The van der Waals surface area contributed by atoms with Gasteiger partial charge in [-0.1, -0.05) is 25.3 Å². The van der Waals surface area contributed by atoms with E-state index in [1.165, 1.54) is 19.3 Å². The van der Waals surface area contributed by atoms with Crippen molar-refractivity contribution in [2.75, 3.05) is 13.7 Å². The van der Waals surface area contributed by atoms with E-state index in [0.29, 0.717) is 22.7 Å². The van der Waals surface area contributed by atoms with Crippen LogP contribution in [-0.4, -0.2) is 36.5 Å². The fourth-order valence-corrected chi connectivity index (χ4v) is 1.77. The van der Waals surface area contributed by atoms with E-state index in [2.05, 4.69) is 18.0 Å². The molecule has 8 nitrogen and oxygen atoms in total. The molecule has 0 amide bonds. The Balaban J connectivity index is 0.00000227. The molecule has 0 saturated heterocycles. The highest BCUT2D eigenvalue weighted by Crippen LogP contribution is 2.24. The summed E-state index contributed by atoms with van der Waals surface area (Å²) in [5.41, 5.74) is 1.87. The Hall–Kier alpha value is -3.83. The SMILES string of the molecule is C=C(/C=C/C(=O)OCCC#N)/C=C(/OC)C(=C)c1ccc(OO)cc1.O=CO. The molecule has 0 heterocycles. The number of hydrogen-bond acceptors (Lipinski definition) is 7. The molecule has 0 bridgehead atoms. The number of benzene rings is 1. The summed E-state index contributed by atoms with van der Waals surface area (Å²) >= 11 is 0. The maximum Gasteiger partial charge on any atom is 0.330 e. The number of carboxylic acid groups (broad SMARTS) is 1. The summed E-state index contributed by atoms with van der Waals surface area (Å²) in [7, 11) is 1.50. The first-order chi connectivity index (χ1) is 13.4. The van der Waals surface area contributed by atoms with E-state index in [9.17, 15) is 4.79 Å². The number of hydrogen-bond donors (Lipinski definition) is 2. The molecule has 0 aliphatic heterocycles. The summed E-state index contributed by atoms with van der Waals surface area (Å²) in [5, 5.41) is 23.8. The number of nitrogens with zero attached hydrogens (tertiary/aromatic N) is 1. The van der Waals surface area contributed by atoms with Gasteiger partial charge in [-0.2, -0.15) is 5.26 Å². The molecule has 1 rings (SSSR count). The number of ether oxygens (including phenoxy) is 2. The van der Waals surface area contributed by atoms with Crippen LogP contribution >= 0.6 is 0 Å². The molecule has 0 fully saturated rings. The third-order valence-corrected chi connectivity index (χ3v) is 3.03. The van der Waals surface area contributed by atoms with Gasteiger partial charge in [0.25, 0.3) is 6.47 Å². The summed E-state index contributed by atoms with van der Waals surface area (Å²) < 4.78 is 10.1. The first-order valence-electron chi connectivity index (χ1n) is 7.78. The molecular formula is C20H21NO7. The number of methoxy groups -OCH3 is 1. The Morgan fingerprint density at radius 3 is 2.36 bits per heavy atom. The minimum atomic E-state index is -0.554. The molecule has 0 spiro atoms. The van der Waals surface area contributed by atoms with Gasteiger partial charge in [0.05, 0.1) is 19.6 Å². The van der Waals surface area contributed by atoms with Gasteiger partial charge in [-0.05, 0) is 35.4 Å². The van der Waals surface area contributed by atoms with Crippen molar-refractivity contribution < 1.29 is 34.3 Å². The zero-order valence-corrected chi connectivity index (χ0v) is 15.3. The van der Waals surface area contributed by atoms with Gasteiger partial charge in [-0.15, -0.1) is 0 Å². The molecule has 0 radical (unpaired) electrons. The van der Waals surface area contributed by atoms with Crippen LogP contribution in [0.1, 0.15) is 12.0 Å². The van der Waals surface area contributed by atoms with E-state index < -0.39 is 5.97 Å². The quantitative estimate of drug-likeness (QED) is 0.0965. The lowest BCUT2D eigenvalue weighted by Gasteiger charge is -2.10. The Bertz CT molecular complexity index is 771. The van der Waals surface area contributed by atoms with Gasteiger partial charge in [0.1, 0.15) is 12.4 Å². The summed E-state index contributed by atoms with van der Waals surface area (Å²) in [6, 6.07) is 8.48. The smallest absolute Gasteiger partial charge is 0.330 e. The minimum Gasteiger partial charge on any atom is -0.496 e. The minimum absolute atomic E-state index is 0.0513. The van der Waals surface area contributed by atoms with Crippen molar-refractivity contribution >= 4 is 18.0 Å². The van der Waals surface area contributed by atoms with Crippen LogP contribution in [0.2, 0.25) is 0 Å². The lowest BCUT2D eigenvalue weighted by Crippen LogP contribution is -2.01. The molecule has 1 aromatic carbocycles. The Morgan fingerprint density at radius 2 is 1.86 bits per heavy atom. The number of esters is 1. The monoisotopic (exact) mass is 387 g/mol. The van der Waals surface area contributed by atoms with Gasteiger partial charge in [-0.25, -0.2) is 10.1 Å². The van der Waals surface area contributed by atoms with E-state index in [4.69, 9.17) is 29.9 Å². The van der Waals surface area contributed by atoms with Crippen LogP contribution in [0.15, 0.2) is 67.0 Å². The molecule has 0 aliphatic carbocycles. The Kier molecular flexibility index (Phi) is 12.4. The van der Waals surface area contributed by atoms with Crippen molar-refractivity contribution in [3.8, 4) is 11.8 Å². The van der Waals surface area contributed by atoms with Crippen LogP contribution in [0, 0.1) is 11.3 Å². The predicted octanol–water partition coefficient (Wildman–Crippen LogP) is 3.35. The van der Waals surface area contributed by atoms with Crippen molar-refractivity contribution in [2.24, 2.45) is 0 Å². The first-order valence-corrected chi connectivity index (χ1v) is 7.78. The Morgan fingerprint density at radius 1 is 1.25 bits per heavy atom. The van der Waals surface area contributed by atoms with Crippen molar-refractivity contribution in [3.05, 3.63) is 72.5 Å². The van der Waals surface area contributed by atoms with E-state index in [1.807, 2.05) is 6.07 Å². The van der Waals surface area contributed by atoms with E-state index >= 15 is 0 Å². The zero-order chi connectivity index (χ0) is 21.4. The van der Waals surface area contributed by atoms with Gasteiger partial charge in [-0.3, -0.25) is 4.79 Å². The number of nitriles is 1. The summed E-state index contributed by atoms with van der Waals surface area (Å²) in [5.74, 6) is 0.217. The summed E-state index contributed by atoms with van der Waals surface area (Å²) in [6.45, 7) is 7.58. The van der Waals surface area contributed by atoms with Crippen molar-refractivity contribution in [1.82, 2.24) is 0 Å². The van der Waals surface area contributed by atoms with Crippen molar-refractivity contribution in [3.63, 3.8) is 0 Å². The maximum absolute atomic E-state index is 11.4. The van der Waals surface area contributed by atoms with Gasteiger partial charge in [0.2, 0.25) is 0 Å². The second-order valence-electron chi connectivity index (χ2n) is 4.90. The molecule has 1 aromatic rings. The number of rotatable bonds is 9. The van der Waals surface area contributed by atoms with Crippen molar-refractivity contribution in [2.45, 2.75) is 6.42 Å². The number of allylic oxidation sites excluding steroid dienone is 4. The fraction of sp³-hybridized carbons (Fsp3) is 0.150. The second-order valence-corrected chi connectivity index (χ2v) is 4.90. The molecule has 0 aromatic heterocycles. The van der Waals surface area contributed by atoms with Gasteiger partial charge in [0.15, 0.2) is 5.75 Å². The second kappa shape index (κ2) is 14.4. The van der Waals surface area contributed by atoms with Crippen LogP contribution in [0.25, 0.3) is 5.57 Å². The van der Waals surface area contributed by atoms with Gasteiger partial charge < -0.3 is 19.5 Å². The zero-order valence-electron chi connectivity index (χ0n) is 15.3. The number of carbonyl (C=O) groups is 2. The van der Waals surface area contributed by atoms with Crippen LogP contribution in [0.5, 0.6) is 5.75 Å². The van der Waals surface area contributed by atoms with Gasteiger partial charge in [0, 0.05) is 11.6 Å². The van der Waals surface area contributed by atoms with E-state index in [1.54, 1.807) is 30.3 Å². The lowest BCUT2D eigenvalue weighted by molar-refractivity contribution is -0.137.